The molecule has 0 saturated carbocycles. The molecule has 0 aromatic heterocycles. The summed E-state index contributed by atoms with van der Waals surface area (Å²) in [6, 6.07) is 20.0. The van der Waals surface area contributed by atoms with Crippen LogP contribution in [0.2, 0.25) is 10.0 Å². The Hall–Kier alpha value is -3.27. The van der Waals surface area contributed by atoms with Crippen molar-refractivity contribution < 1.29 is 22.7 Å². The minimum Gasteiger partial charge on any atom is -0.489 e. The van der Waals surface area contributed by atoms with Crippen LogP contribution in [0, 0.1) is 0 Å². The summed E-state index contributed by atoms with van der Waals surface area (Å²) < 4.78 is 32.5. The maximum atomic E-state index is 13.8. The van der Waals surface area contributed by atoms with Crippen LogP contribution in [0.25, 0.3) is 0 Å². The Labute approximate surface area is 252 Å². The lowest BCUT2D eigenvalue weighted by atomic mass is 10.1. The van der Waals surface area contributed by atoms with E-state index in [1.165, 1.54) is 4.90 Å². The van der Waals surface area contributed by atoms with Crippen LogP contribution < -0.4 is 14.4 Å². The molecule has 11 heteroatoms. The van der Waals surface area contributed by atoms with E-state index < -0.39 is 28.5 Å². The predicted octanol–water partition coefficient (Wildman–Crippen LogP) is 5.67. The highest BCUT2D eigenvalue weighted by atomic mass is 35.5. The first-order valence-electron chi connectivity index (χ1n) is 13.2. The van der Waals surface area contributed by atoms with Crippen LogP contribution in [-0.2, 0) is 32.8 Å². The van der Waals surface area contributed by atoms with Crippen LogP contribution in [0.5, 0.6) is 5.75 Å². The fourth-order valence-corrected chi connectivity index (χ4v) is 5.33. The fraction of sp³-hybridized carbons (Fsp3) is 0.333. The lowest BCUT2D eigenvalue weighted by Gasteiger charge is -2.32. The van der Waals surface area contributed by atoms with Crippen molar-refractivity contribution in [3.05, 3.63) is 94.0 Å². The average molecular weight is 621 g/mol. The monoisotopic (exact) mass is 619 g/mol. The first-order chi connectivity index (χ1) is 19.4. The molecule has 3 aromatic carbocycles. The van der Waals surface area contributed by atoms with Gasteiger partial charge in [0.25, 0.3) is 0 Å². The Morgan fingerprint density at radius 1 is 0.927 bits per heavy atom. The van der Waals surface area contributed by atoms with Gasteiger partial charge in [0.1, 0.15) is 24.9 Å². The van der Waals surface area contributed by atoms with E-state index in [4.69, 9.17) is 27.9 Å². The van der Waals surface area contributed by atoms with Crippen LogP contribution >= 0.6 is 23.2 Å². The molecule has 0 bridgehead atoms. The van der Waals surface area contributed by atoms with E-state index in [9.17, 15) is 18.0 Å². The number of nitrogens with zero attached hydrogens (tertiary/aromatic N) is 2. The predicted molar refractivity (Wildman–Crippen MR) is 164 cm³/mol. The van der Waals surface area contributed by atoms with Crippen molar-refractivity contribution in [3.8, 4) is 5.75 Å². The average Bonchev–Trinajstić information content (AvgIpc) is 2.94. The van der Waals surface area contributed by atoms with Gasteiger partial charge in [-0.3, -0.25) is 13.9 Å². The lowest BCUT2D eigenvalue weighted by Crippen LogP contribution is -2.52. The summed E-state index contributed by atoms with van der Waals surface area (Å²) >= 11 is 12.8. The number of hydrogen-bond acceptors (Lipinski definition) is 5. The van der Waals surface area contributed by atoms with Gasteiger partial charge in [-0.15, -0.1) is 0 Å². The largest absolute Gasteiger partial charge is 0.489 e. The summed E-state index contributed by atoms with van der Waals surface area (Å²) in [5.74, 6) is -0.424. The zero-order valence-corrected chi connectivity index (χ0v) is 25.8. The van der Waals surface area contributed by atoms with Crippen LogP contribution in [-0.4, -0.2) is 50.0 Å². The zero-order valence-electron chi connectivity index (χ0n) is 23.5. The molecule has 3 aromatic rings. The summed E-state index contributed by atoms with van der Waals surface area (Å²) in [6.45, 7) is 5.11. The number of amides is 2. The van der Waals surface area contributed by atoms with E-state index in [-0.39, 0.29) is 24.2 Å². The number of sulfonamides is 1. The molecule has 0 saturated heterocycles. The van der Waals surface area contributed by atoms with E-state index in [0.717, 1.165) is 16.1 Å². The molecule has 2 amide bonds. The Bertz CT molecular complexity index is 1420. The highest BCUT2D eigenvalue weighted by Gasteiger charge is 2.31. The van der Waals surface area contributed by atoms with Gasteiger partial charge in [0.2, 0.25) is 21.8 Å². The summed E-state index contributed by atoms with van der Waals surface area (Å²) in [5.41, 5.74) is 1.73. The number of benzene rings is 3. The SMILES string of the molecule is CC[C@@H](C)NC(=O)[C@@H](C)N(Cc1c(Cl)cccc1Cl)C(=O)CN(c1ccc(OCc2ccccc2)cc1)S(C)(=O)=O. The molecule has 0 heterocycles. The lowest BCUT2D eigenvalue weighted by molar-refractivity contribution is -0.139. The molecule has 0 unspecified atom stereocenters. The second-order valence-electron chi connectivity index (χ2n) is 9.75. The molecule has 220 valence electrons. The minimum absolute atomic E-state index is 0.0870. The number of halogens is 2. The number of hydrogen-bond donors (Lipinski definition) is 1. The Balaban J connectivity index is 1.86. The van der Waals surface area contributed by atoms with Gasteiger partial charge >= 0.3 is 0 Å². The van der Waals surface area contributed by atoms with Crippen molar-refractivity contribution in [3.63, 3.8) is 0 Å². The van der Waals surface area contributed by atoms with Gasteiger partial charge in [-0.05, 0) is 62.2 Å². The normalized spacial score (nSPS) is 12.7. The molecular weight excluding hydrogens is 585 g/mol. The highest BCUT2D eigenvalue weighted by molar-refractivity contribution is 7.92. The third kappa shape index (κ3) is 9.11. The first-order valence-corrected chi connectivity index (χ1v) is 15.8. The number of ether oxygens (including phenoxy) is 1. The molecule has 3 rings (SSSR count). The van der Waals surface area contributed by atoms with Gasteiger partial charge in [-0.25, -0.2) is 8.42 Å². The van der Waals surface area contributed by atoms with Crippen molar-refractivity contribution in [1.29, 1.82) is 0 Å². The maximum absolute atomic E-state index is 13.8. The highest BCUT2D eigenvalue weighted by Crippen LogP contribution is 2.28. The number of anilines is 1. The van der Waals surface area contributed by atoms with Crippen LogP contribution in [0.3, 0.4) is 0 Å². The van der Waals surface area contributed by atoms with Gasteiger partial charge in [0.05, 0.1) is 11.9 Å². The standard InChI is InChI=1S/C30H35Cl2N3O5S/c1-5-21(2)33-30(37)22(3)34(18-26-27(31)12-9-13-28(26)32)29(36)19-35(41(4,38)39)24-14-16-25(17-15-24)40-20-23-10-7-6-8-11-23/h6-17,21-22H,5,18-20H2,1-4H3,(H,33,37)/t21-,22-/m1/s1. The number of carbonyl (C=O) groups is 2. The summed E-state index contributed by atoms with van der Waals surface area (Å²) in [5, 5.41) is 3.54. The Kier molecular flexibility index (Phi) is 11.5. The maximum Gasteiger partial charge on any atom is 0.244 e. The van der Waals surface area contributed by atoms with Crippen LogP contribution in [0.1, 0.15) is 38.3 Å². The number of rotatable bonds is 13. The van der Waals surface area contributed by atoms with Crippen molar-refractivity contribution in [2.24, 2.45) is 0 Å². The molecule has 41 heavy (non-hydrogen) atoms. The van der Waals surface area contributed by atoms with Crippen molar-refractivity contribution in [2.45, 2.75) is 52.4 Å². The van der Waals surface area contributed by atoms with Crippen LogP contribution in [0.4, 0.5) is 5.69 Å². The molecular formula is C30H35Cl2N3O5S. The zero-order chi connectivity index (χ0) is 30.2. The Morgan fingerprint density at radius 3 is 2.10 bits per heavy atom. The van der Waals surface area contributed by atoms with Crippen LogP contribution in [0.15, 0.2) is 72.8 Å². The second kappa shape index (κ2) is 14.6. The summed E-state index contributed by atoms with van der Waals surface area (Å²) in [7, 11) is -3.88. The third-order valence-corrected chi connectivity index (χ3v) is 8.46. The Morgan fingerprint density at radius 2 is 1.54 bits per heavy atom. The molecule has 0 radical (unpaired) electrons. The van der Waals surface area contributed by atoms with Gasteiger partial charge < -0.3 is 15.0 Å². The first kappa shape index (κ1) is 32.2. The van der Waals surface area contributed by atoms with E-state index in [0.29, 0.717) is 34.4 Å². The summed E-state index contributed by atoms with van der Waals surface area (Å²) in [6.07, 6.45) is 1.73. The van der Waals surface area contributed by atoms with Crippen molar-refractivity contribution >= 4 is 50.7 Å². The molecule has 0 aliphatic rings. The number of nitrogens with one attached hydrogen (secondary N) is 1. The summed E-state index contributed by atoms with van der Waals surface area (Å²) in [4.78, 5) is 28.1. The number of carbonyl (C=O) groups excluding carboxylic acids is 2. The van der Waals surface area contributed by atoms with E-state index in [1.54, 1.807) is 49.4 Å². The van der Waals surface area contributed by atoms with Gasteiger partial charge in [-0.1, -0.05) is 66.5 Å². The topological polar surface area (TPSA) is 96.0 Å². The molecule has 0 aliphatic carbocycles. The van der Waals surface area contributed by atoms with Crippen molar-refractivity contribution in [2.75, 3.05) is 17.1 Å². The molecule has 8 nitrogen and oxygen atoms in total. The fourth-order valence-electron chi connectivity index (χ4n) is 3.97. The second-order valence-corrected chi connectivity index (χ2v) is 12.5. The molecule has 2 atom stereocenters. The molecule has 1 N–H and O–H groups in total. The smallest absolute Gasteiger partial charge is 0.244 e. The molecule has 0 spiro atoms. The van der Waals surface area contributed by atoms with Gasteiger partial charge in [0, 0.05) is 28.2 Å². The van der Waals surface area contributed by atoms with Gasteiger partial charge in [0.15, 0.2) is 0 Å². The third-order valence-electron chi connectivity index (χ3n) is 6.61. The molecule has 0 fully saturated rings. The quantitative estimate of drug-likeness (QED) is 0.266. The van der Waals surface area contributed by atoms with Gasteiger partial charge in [-0.2, -0.15) is 0 Å². The van der Waals surface area contributed by atoms with E-state index in [2.05, 4.69) is 5.32 Å². The van der Waals surface area contributed by atoms with E-state index >= 15 is 0 Å². The minimum atomic E-state index is -3.88. The van der Waals surface area contributed by atoms with Crippen molar-refractivity contribution in [1.82, 2.24) is 10.2 Å². The molecule has 0 aliphatic heterocycles. The van der Waals surface area contributed by atoms with E-state index in [1.807, 2.05) is 44.2 Å².